The third kappa shape index (κ3) is 2.85. The minimum absolute atomic E-state index is 0.0156. The first kappa shape index (κ1) is 16.4. The number of amides is 1. The molecule has 0 aromatic carbocycles. The van der Waals surface area contributed by atoms with E-state index in [-0.39, 0.29) is 11.9 Å². The fraction of sp³-hybridized carbons (Fsp3) is 0.316. The lowest BCUT2D eigenvalue weighted by atomic mass is 10.1. The van der Waals surface area contributed by atoms with E-state index in [1.165, 1.54) is 0 Å². The number of hydrogen-bond donors (Lipinski definition) is 0. The van der Waals surface area contributed by atoms with Gasteiger partial charge in [-0.15, -0.1) is 0 Å². The zero-order valence-corrected chi connectivity index (χ0v) is 14.7. The van der Waals surface area contributed by atoms with Gasteiger partial charge in [-0.2, -0.15) is 0 Å². The topological polar surface area (TPSA) is 85.0 Å². The van der Waals surface area contributed by atoms with E-state index in [4.69, 9.17) is 9.51 Å². The molecule has 0 bridgehead atoms. The lowest BCUT2D eigenvalue weighted by Crippen LogP contribution is -2.31. The van der Waals surface area contributed by atoms with Crippen molar-refractivity contribution in [2.75, 3.05) is 6.54 Å². The van der Waals surface area contributed by atoms with Crippen molar-refractivity contribution in [1.29, 1.82) is 0 Å². The summed E-state index contributed by atoms with van der Waals surface area (Å²) in [7, 11) is 0. The molecule has 3 aromatic heterocycles. The van der Waals surface area contributed by atoms with E-state index in [0.29, 0.717) is 23.7 Å². The number of carbonyl (C=O) groups excluding carboxylic acids is 1. The molecule has 1 aliphatic rings. The Balaban J connectivity index is 1.67. The molecule has 1 aliphatic heterocycles. The van der Waals surface area contributed by atoms with Crippen LogP contribution in [0.4, 0.5) is 0 Å². The second-order valence-corrected chi connectivity index (χ2v) is 6.40. The molecule has 4 heterocycles. The van der Waals surface area contributed by atoms with Gasteiger partial charge in [0.2, 0.25) is 0 Å². The maximum Gasteiger partial charge on any atom is 0.255 e. The fourth-order valence-corrected chi connectivity index (χ4v) is 3.45. The SMILES string of the molecule is Cc1noc(C)c1-c1nccc(C2CCCN2C(=O)c2cccnc2)n1. The minimum Gasteiger partial charge on any atom is -0.361 e. The highest BCUT2D eigenvalue weighted by molar-refractivity contribution is 5.94. The van der Waals surface area contributed by atoms with Crippen LogP contribution in [0.15, 0.2) is 41.3 Å². The number of aromatic nitrogens is 4. The number of pyridine rings is 1. The highest BCUT2D eigenvalue weighted by Crippen LogP contribution is 2.33. The van der Waals surface area contributed by atoms with Crippen LogP contribution in [-0.4, -0.2) is 37.5 Å². The van der Waals surface area contributed by atoms with Crippen LogP contribution in [0.25, 0.3) is 11.4 Å². The Kier molecular flexibility index (Phi) is 4.20. The van der Waals surface area contributed by atoms with Crippen molar-refractivity contribution in [3.8, 4) is 11.4 Å². The van der Waals surface area contributed by atoms with Crippen LogP contribution < -0.4 is 0 Å². The number of rotatable bonds is 3. The molecule has 3 aromatic rings. The van der Waals surface area contributed by atoms with E-state index < -0.39 is 0 Å². The molecule has 0 aliphatic carbocycles. The number of likely N-dealkylation sites (tertiary alicyclic amines) is 1. The minimum atomic E-state index is -0.0649. The average Bonchev–Trinajstić information content (AvgIpc) is 3.29. The first-order valence-corrected chi connectivity index (χ1v) is 8.62. The summed E-state index contributed by atoms with van der Waals surface area (Å²) in [5, 5.41) is 3.98. The molecule has 1 unspecified atom stereocenters. The second kappa shape index (κ2) is 6.67. The van der Waals surface area contributed by atoms with Crippen LogP contribution in [-0.2, 0) is 0 Å². The summed E-state index contributed by atoms with van der Waals surface area (Å²) >= 11 is 0. The molecule has 1 atom stereocenters. The highest BCUT2D eigenvalue weighted by Gasteiger charge is 2.32. The van der Waals surface area contributed by atoms with E-state index in [2.05, 4.69) is 15.1 Å². The van der Waals surface area contributed by atoms with Gasteiger partial charge in [0.25, 0.3) is 5.91 Å². The summed E-state index contributed by atoms with van der Waals surface area (Å²) in [5.41, 5.74) is 3.01. The molecule has 26 heavy (non-hydrogen) atoms. The van der Waals surface area contributed by atoms with Gasteiger partial charge in [-0.05, 0) is 44.9 Å². The molecule has 1 saturated heterocycles. The Hall–Kier alpha value is -3.09. The summed E-state index contributed by atoms with van der Waals surface area (Å²) in [6.07, 6.45) is 6.82. The number of nitrogens with zero attached hydrogens (tertiary/aromatic N) is 5. The monoisotopic (exact) mass is 349 g/mol. The van der Waals surface area contributed by atoms with Crippen LogP contribution >= 0.6 is 0 Å². The maximum atomic E-state index is 12.9. The van der Waals surface area contributed by atoms with Gasteiger partial charge in [-0.25, -0.2) is 9.97 Å². The molecule has 0 saturated carbocycles. The highest BCUT2D eigenvalue weighted by atomic mass is 16.5. The van der Waals surface area contributed by atoms with E-state index in [1.807, 2.05) is 24.8 Å². The van der Waals surface area contributed by atoms with Crippen molar-refractivity contribution < 1.29 is 9.32 Å². The molecule has 7 heteroatoms. The van der Waals surface area contributed by atoms with E-state index >= 15 is 0 Å². The summed E-state index contributed by atoms with van der Waals surface area (Å²) in [5.74, 6) is 1.26. The summed E-state index contributed by atoms with van der Waals surface area (Å²) < 4.78 is 5.23. The zero-order valence-electron chi connectivity index (χ0n) is 14.7. The Morgan fingerprint density at radius 3 is 2.88 bits per heavy atom. The Morgan fingerprint density at radius 1 is 1.27 bits per heavy atom. The molecule has 0 radical (unpaired) electrons. The van der Waals surface area contributed by atoms with Gasteiger partial charge in [0, 0.05) is 25.1 Å². The molecular formula is C19H19N5O2. The maximum absolute atomic E-state index is 12.9. The summed E-state index contributed by atoms with van der Waals surface area (Å²) in [6, 6.07) is 5.38. The smallest absolute Gasteiger partial charge is 0.255 e. The van der Waals surface area contributed by atoms with Gasteiger partial charge in [-0.1, -0.05) is 5.16 Å². The van der Waals surface area contributed by atoms with E-state index in [9.17, 15) is 4.79 Å². The third-order valence-electron chi connectivity index (χ3n) is 4.70. The zero-order chi connectivity index (χ0) is 18.1. The lowest BCUT2D eigenvalue weighted by Gasteiger charge is -2.24. The first-order chi connectivity index (χ1) is 12.6. The van der Waals surface area contributed by atoms with Crippen molar-refractivity contribution in [1.82, 2.24) is 25.0 Å². The molecule has 0 N–H and O–H groups in total. The van der Waals surface area contributed by atoms with Crippen molar-refractivity contribution >= 4 is 5.91 Å². The standard InChI is InChI=1S/C19H19N5O2/c1-12-17(13(2)26-23-12)18-21-9-7-15(22-18)16-6-4-10-24(16)19(25)14-5-3-8-20-11-14/h3,5,7-9,11,16H,4,6,10H2,1-2H3. The van der Waals surface area contributed by atoms with E-state index in [0.717, 1.165) is 29.8 Å². The first-order valence-electron chi connectivity index (χ1n) is 8.62. The van der Waals surface area contributed by atoms with E-state index in [1.54, 1.807) is 30.7 Å². The molecule has 4 rings (SSSR count). The van der Waals surface area contributed by atoms with Gasteiger partial charge in [0.15, 0.2) is 5.82 Å². The van der Waals surface area contributed by atoms with Crippen LogP contribution in [0.3, 0.4) is 0 Å². The molecule has 1 amide bonds. The second-order valence-electron chi connectivity index (χ2n) is 6.40. The van der Waals surface area contributed by atoms with Crippen LogP contribution in [0.1, 0.15) is 46.4 Å². The summed E-state index contributed by atoms with van der Waals surface area (Å²) in [6.45, 7) is 4.43. The Morgan fingerprint density at radius 2 is 2.15 bits per heavy atom. The Labute approximate surface area is 151 Å². The van der Waals surface area contributed by atoms with Gasteiger partial charge < -0.3 is 9.42 Å². The van der Waals surface area contributed by atoms with Gasteiger partial charge in [-0.3, -0.25) is 9.78 Å². The summed E-state index contributed by atoms with van der Waals surface area (Å²) in [4.78, 5) is 27.9. The van der Waals surface area contributed by atoms with Crippen molar-refractivity contribution in [2.45, 2.75) is 32.7 Å². The van der Waals surface area contributed by atoms with Crippen molar-refractivity contribution in [3.05, 3.63) is 59.5 Å². The van der Waals surface area contributed by atoms with Gasteiger partial charge in [0.05, 0.1) is 28.6 Å². The van der Waals surface area contributed by atoms with Gasteiger partial charge >= 0.3 is 0 Å². The number of carbonyl (C=O) groups is 1. The molecular weight excluding hydrogens is 330 g/mol. The van der Waals surface area contributed by atoms with Crippen molar-refractivity contribution in [2.24, 2.45) is 0 Å². The van der Waals surface area contributed by atoms with Crippen LogP contribution in [0.5, 0.6) is 0 Å². The number of aryl methyl sites for hydroxylation is 2. The Bertz CT molecular complexity index is 919. The van der Waals surface area contributed by atoms with Gasteiger partial charge in [0.1, 0.15) is 5.76 Å². The predicted molar refractivity (Wildman–Crippen MR) is 94.3 cm³/mol. The van der Waals surface area contributed by atoms with Crippen molar-refractivity contribution in [3.63, 3.8) is 0 Å². The predicted octanol–water partition coefficient (Wildman–Crippen LogP) is 3.12. The molecule has 0 spiro atoms. The average molecular weight is 349 g/mol. The quantitative estimate of drug-likeness (QED) is 0.722. The molecule has 1 fully saturated rings. The molecule has 7 nitrogen and oxygen atoms in total. The fourth-order valence-electron chi connectivity index (χ4n) is 3.45. The molecule has 132 valence electrons. The van der Waals surface area contributed by atoms with Crippen LogP contribution in [0, 0.1) is 13.8 Å². The van der Waals surface area contributed by atoms with Crippen LogP contribution in [0.2, 0.25) is 0 Å². The number of hydrogen-bond acceptors (Lipinski definition) is 6. The normalized spacial score (nSPS) is 16.8. The lowest BCUT2D eigenvalue weighted by molar-refractivity contribution is 0.0732. The largest absolute Gasteiger partial charge is 0.361 e. The third-order valence-corrected chi connectivity index (χ3v) is 4.70.